The van der Waals surface area contributed by atoms with E-state index in [0.717, 1.165) is 51.4 Å². The summed E-state index contributed by atoms with van der Waals surface area (Å²) in [4.78, 5) is 53.9. The highest BCUT2D eigenvalue weighted by Crippen LogP contribution is 2.38. The van der Waals surface area contributed by atoms with Crippen LogP contribution >= 0.6 is 0 Å². The molecule has 5 rings (SSSR count). The van der Waals surface area contributed by atoms with Crippen LogP contribution in [0.3, 0.4) is 0 Å². The monoisotopic (exact) mass is 1140 g/mol. The molecule has 456 valence electrons. The highest BCUT2D eigenvalue weighted by atomic mass is 16.8. The minimum atomic E-state index is -2.07. The molecule has 5 aliphatic heterocycles. The average Bonchev–Trinajstić information content (AvgIpc) is 3.46. The number of esters is 4. The summed E-state index contributed by atoms with van der Waals surface area (Å²) < 4.78 is 74.2. The maximum absolute atomic E-state index is 14.1. The van der Waals surface area contributed by atoms with E-state index in [1.165, 1.54) is 54.5 Å². The van der Waals surface area contributed by atoms with Crippen molar-refractivity contribution in [3.63, 3.8) is 0 Å². The Kier molecular flexibility index (Phi) is 26.7. The third-order valence-corrected chi connectivity index (χ3v) is 15.8. The molecule has 25 unspecified atom stereocenters. The van der Waals surface area contributed by atoms with Gasteiger partial charge in [-0.05, 0) is 81.6 Å². The Morgan fingerprint density at radius 2 is 1.18 bits per heavy atom. The van der Waals surface area contributed by atoms with Crippen LogP contribution in [0.5, 0.6) is 0 Å². The molecule has 0 aliphatic carbocycles. The molecule has 24 nitrogen and oxygen atoms in total. The number of allylic oxidation sites excluding steroid dienone is 1. The van der Waals surface area contributed by atoms with Gasteiger partial charge >= 0.3 is 23.9 Å². The third-order valence-electron chi connectivity index (χ3n) is 15.8. The number of hydrogen-bond acceptors (Lipinski definition) is 24. The fourth-order valence-corrected chi connectivity index (χ4v) is 9.92. The molecule has 0 saturated carbocycles. The Labute approximate surface area is 463 Å². The molecular weight excluding hydrogens is 1040 g/mol. The van der Waals surface area contributed by atoms with Crippen molar-refractivity contribution < 1.29 is 117 Å². The molecule has 8 N–H and O–H groups in total. The van der Waals surface area contributed by atoms with Gasteiger partial charge in [0, 0.05) is 12.0 Å². The van der Waals surface area contributed by atoms with Gasteiger partial charge in [-0.1, -0.05) is 70.8 Å². The van der Waals surface area contributed by atoms with Crippen LogP contribution < -0.4 is 0 Å². The van der Waals surface area contributed by atoms with Gasteiger partial charge in [-0.2, -0.15) is 0 Å². The van der Waals surface area contributed by atoms with E-state index in [2.05, 4.69) is 6.92 Å². The van der Waals surface area contributed by atoms with Gasteiger partial charge in [-0.3, -0.25) is 14.4 Å². The lowest BCUT2D eigenvalue weighted by Gasteiger charge is -2.50. The van der Waals surface area contributed by atoms with Gasteiger partial charge in [0.1, 0.15) is 67.6 Å². The van der Waals surface area contributed by atoms with E-state index in [1.807, 2.05) is 0 Å². The number of carbonyl (C=O) groups excluding carboxylic acids is 4. The highest BCUT2D eigenvalue weighted by Gasteiger charge is 2.58. The minimum Gasteiger partial charge on any atom is -0.463 e. The number of aliphatic hydroxyl groups is 8. The standard InChI is InChI=1S/C55H92O24/c1-11-13-19-22-34-23-20-17-15-14-16-18-21-24-36(58)74-47-44(77-52-42(64)41(63)43(32(9)70-52)75-49(65)26(3)12-2)33(10)71-55(48(47)76-51(67)28(5)30(7)57)79-46-40(62)38(60)35(25-68-50(66)27(4)29(6)56)73-54(46)78-45-39(61)37(59)31(8)69-53(45)72-34/h12,27-35,37-48,52-57,59-64H,11,13-25H2,1-10H3. The van der Waals surface area contributed by atoms with Crippen molar-refractivity contribution in [3.8, 4) is 0 Å². The number of ether oxygens (including phenoxy) is 12. The Hall–Kier alpha value is -3.02. The van der Waals surface area contributed by atoms with Crippen molar-refractivity contribution in [3.05, 3.63) is 11.6 Å². The maximum atomic E-state index is 14.1. The molecule has 0 aromatic carbocycles. The summed E-state index contributed by atoms with van der Waals surface area (Å²) in [5.74, 6) is -5.69. The smallest absolute Gasteiger partial charge is 0.333 e. The molecule has 5 heterocycles. The Morgan fingerprint density at radius 3 is 1.81 bits per heavy atom. The second-order valence-electron chi connectivity index (χ2n) is 22.1. The first-order chi connectivity index (χ1) is 37.4. The summed E-state index contributed by atoms with van der Waals surface area (Å²) >= 11 is 0. The second kappa shape index (κ2) is 31.6. The van der Waals surface area contributed by atoms with Crippen molar-refractivity contribution in [2.45, 2.75) is 294 Å². The lowest BCUT2D eigenvalue weighted by molar-refractivity contribution is -0.399. The summed E-state index contributed by atoms with van der Waals surface area (Å²) in [6.07, 6.45) is -25.0. The first kappa shape index (κ1) is 66.8. The molecule has 0 radical (unpaired) electrons. The molecule has 5 saturated heterocycles. The molecule has 2 bridgehead atoms. The number of hydrogen-bond donors (Lipinski definition) is 8. The van der Waals surface area contributed by atoms with E-state index in [-0.39, 0.29) is 12.0 Å². The van der Waals surface area contributed by atoms with E-state index in [4.69, 9.17) is 56.8 Å². The molecule has 24 heteroatoms. The first-order valence-corrected chi connectivity index (χ1v) is 28.5. The van der Waals surface area contributed by atoms with Crippen LogP contribution in [0.15, 0.2) is 11.6 Å². The van der Waals surface area contributed by atoms with Crippen molar-refractivity contribution in [1.82, 2.24) is 0 Å². The predicted octanol–water partition coefficient (Wildman–Crippen LogP) is 2.04. The van der Waals surface area contributed by atoms with Crippen molar-refractivity contribution in [2.75, 3.05) is 6.61 Å². The highest BCUT2D eigenvalue weighted by molar-refractivity contribution is 5.87. The normalized spacial score (nSPS) is 40.3. The van der Waals surface area contributed by atoms with Crippen LogP contribution in [0.25, 0.3) is 0 Å². The van der Waals surface area contributed by atoms with E-state index < -0.39 is 183 Å². The number of unbranched alkanes of at least 4 members (excludes halogenated alkanes) is 2. The number of fused-ring (bicyclic) bond motifs is 4. The Bertz CT molecular complexity index is 1920. The second-order valence-corrected chi connectivity index (χ2v) is 22.1. The van der Waals surface area contributed by atoms with E-state index in [9.17, 15) is 60.0 Å². The number of aliphatic hydroxyl groups excluding tert-OH is 8. The van der Waals surface area contributed by atoms with Gasteiger partial charge in [0.2, 0.25) is 0 Å². The zero-order valence-corrected chi connectivity index (χ0v) is 47.5. The summed E-state index contributed by atoms with van der Waals surface area (Å²) in [5, 5.41) is 90.6. The van der Waals surface area contributed by atoms with E-state index in [0.29, 0.717) is 25.7 Å². The number of rotatable bonds is 15. The molecule has 25 atom stereocenters. The maximum Gasteiger partial charge on any atom is 0.333 e. The quantitative estimate of drug-likeness (QED) is 0.0503. The molecule has 0 aromatic heterocycles. The molecule has 5 fully saturated rings. The van der Waals surface area contributed by atoms with E-state index in [1.54, 1.807) is 13.8 Å². The lowest BCUT2D eigenvalue weighted by Crippen LogP contribution is -2.68. The SMILES string of the molecule is CC=C(C)C(=O)OC1C(C)OC(OC2C(C)OC3OC4C(OC(COC(=O)C(C)C(C)O)C(O)C4O)OC4C(OC(CCCCC)CCCCCCCCCC(=O)OC2C3OC(=O)C(C)C(C)O)OC(C)C(O)C4O)C(O)C1O. The predicted molar refractivity (Wildman–Crippen MR) is 275 cm³/mol. The topological polar surface area (TPSA) is 341 Å². The van der Waals surface area contributed by atoms with Gasteiger partial charge < -0.3 is 97.7 Å². The Balaban J connectivity index is 1.60. The molecular formula is C55H92O24. The van der Waals surface area contributed by atoms with Gasteiger partial charge in [0.15, 0.2) is 43.5 Å². The van der Waals surface area contributed by atoms with Crippen LogP contribution in [0.4, 0.5) is 0 Å². The summed E-state index contributed by atoms with van der Waals surface area (Å²) in [7, 11) is 0. The van der Waals surface area contributed by atoms with Crippen LogP contribution in [0.1, 0.15) is 153 Å². The third kappa shape index (κ3) is 18.0. The van der Waals surface area contributed by atoms with Crippen molar-refractivity contribution in [1.29, 1.82) is 0 Å². The van der Waals surface area contributed by atoms with Crippen LogP contribution in [0, 0.1) is 11.8 Å². The van der Waals surface area contributed by atoms with E-state index >= 15 is 0 Å². The van der Waals surface area contributed by atoms with Gasteiger partial charge in [0.05, 0.1) is 48.5 Å². The summed E-state index contributed by atoms with van der Waals surface area (Å²) in [6, 6.07) is 0. The first-order valence-electron chi connectivity index (χ1n) is 28.5. The zero-order valence-electron chi connectivity index (χ0n) is 47.5. The van der Waals surface area contributed by atoms with Gasteiger partial charge in [-0.25, -0.2) is 4.79 Å². The molecule has 0 spiro atoms. The molecule has 5 aliphatic rings. The molecule has 0 amide bonds. The molecule has 0 aromatic rings. The van der Waals surface area contributed by atoms with Gasteiger partial charge in [0.25, 0.3) is 0 Å². The average molecular weight is 1140 g/mol. The summed E-state index contributed by atoms with van der Waals surface area (Å²) in [6.45, 7) is 14.5. The zero-order chi connectivity index (χ0) is 58.4. The van der Waals surface area contributed by atoms with Crippen LogP contribution in [0.2, 0.25) is 0 Å². The van der Waals surface area contributed by atoms with Crippen LogP contribution in [-0.4, -0.2) is 212 Å². The fourth-order valence-electron chi connectivity index (χ4n) is 9.92. The number of carbonyl (C=O) groups is 4. The van der Waals surface area contributed by atoms with Crippen molar-refractivity contribution in [2.24, 2.45) is 11.8 Å². The van der Waals surface area contributed by atoms with Crippen LogP contribution in [-0.2, 0) is 76.0 Å². The minimum absolute atomic E-state index is 0.112. The van der Waals surface area contributed by atoms with Crippen molar-refractivity contribution >= 4 is 23.9 Å². The Morgan fingerprint density at radius 1 is 0.608 bits per heavy atom. The lowest BCUT2D eigenvalue weighted by atomic mass is 9.95. The fraction of sp³-hybridized carbons (Fsp3) is 0.891. The molecule has 79 heavy (non-hydrogen) atoms. The summed E-state index contributed by atoms with van der Waals surface area (Å²) in [5.41, 5.74) is 0.231. The van der Waals surface area contributed by atoms with Gasteiger partial charge in [-0.15, -0.1) is 0 Å². The largest absolute Gasteiger partial charge is 0.463 e.